The Labute approximate surface area is 444 Å². The van der Waals surface area contributed by atoms with Crippen molar-refractivity contribution in [3.63, 3.8) is 0 Å². The summed E-state index contributed by atoms with van der Waals surface area (Å²) < 4.78 is 46.8. The van der Waals surface area contributed by atoms with Gasteiger partial charge in [0.15, 0.2) is 0 Å². The third-order valence-electron chi connectivity index (χ3n) is 15.3. The van der Waals surface area contributed by atoms with Gasteiger partial charge in [-0.1, -0.05) is 97.1 Å². The molecule has 2 aliphatic rings. The van der Waals surface area contributed by atoms with Crippen molar-refractivity contribution < 1.29 is 56.7 Å². The van der Waals surface area contributed by atoms with E-state index in [2.05, 4.69) is 0 Å². The van der Waals surface area contributed by atoms with Crippen molar-refractivity contribution in [3.05, 3.63) is 168 Å². The number of esters is 4. The number of methoxy groups -OCH3 is 4. The van der Waals surface area contributed by atoms with Crippen LogP contribution in [0.1, 0.15) is 96.8 Å². The number of hydrogen-bond donors (Lipinski definition) is 0. The van der Waals surface area contributed by atoms with Gasteiger partial charge in [-0.2, -0.15) is 0 Å². The highest BCUT2D eigenvalue weighted by atomic mass is 16.7. The lowest BCUT2D eigenvalue weighted by molar-refractivity contribution is 0.00578. The summed E-state index contributed by atoms with van der Waals surface area (Å²) in [5.74, 6) is -1.99. The maximum Gasteiger partial charge on any atom is 0.494 e. The van der Waals surface area contributed by atoms with Crippen molar-refractivity contribution in [2.75, 3.05) is 28.4 Å². The Morgan fingerprint density at radius 1 is 0.289 bits per heavy atom. The Morgan fingerprint density at radius 3 is 0.605 bits per heavy atom. The summed E-state index contributed by atoms with van der Waals surface area (Å²) in [6.07, 6.45) is 0. The molecule has 2 heterocycles. The van der Waals surface area contributed by atoms with Gasteiger partial charge in [-0.25, -0.2) is 19.2 Å². The number of carbonyl (C=O) groups excluding carboxylic acids is 4. The highest BCUT2D eigenvalue weighted by Gasteiger charge is 2.53. The van der Waals surface area contributed by atoms with Gasteiger partial charge in [-0.05, 0) is 182 Å². The molecule has 7 aromatic rings. The zero-order valence-electron chi connectivity index (χ0n) is 44.9. The van der Waals surface area contributed by atoms with Gasteiger partial charge in [0.1, 0.15) is 0 Å². The van der Waals surface area contributed by atoms with E-state index >= 15 is 0 Å². The van der Waals surface area contributed by atoms with E-state index in [4.69, 9.17) is 37.6 Å². The first-order valence-corrected chi connectivity index (χ1v) is 25.0. The number of carbonyl (C=O) groups is 4. The molecular weight excluding hydrogens is 958 g/mol. The SMILES string of the molecule is COC(=O)c1ccc(-c2c(-c3ccc(B4OC(C)(C)C(C)(C)O4)cc3)c(-c3ccc(C(=O)OC)cc3)c(-c3ccc(C(=O)OC)cc3)c(-c3ccc(B4OC(C)(C)C(C)(C)O4)cc3)c2-c2ccc(C(=O)OC)cc2)cc1. The molecule has 0 spiro atoms. The topological polar surface area (TPSA) is 142 Å². The molecule has 0 N–H and O–H groups in total. The van der Waals surface area contributed by atoms with E-state index in [1.807, 2.05) is 152 Å². The molecule has 2 saturated heterocycles. The summed E-state index contributed by atoms with van der Waals surface area (Å²) in [5.41, 5.74) is 9.80. The van der Waals surface area contributed by atoms with Crippen LogP contribution in [0, 0.1) is 0 Å². The van der Waals surface area contributed by atoms with Crippen molar-refractivity contribution in [3.8, 4) is 66.8 Å². The molecule has 76 heavy (non-hydrogen) atoms. The quantitative estimate of drug-likeness (QED) is 0.0653. The van der Waals surface area contributed by atoms with Gasteiger partial charge in [0, 0.05) is 0 Å². The van der Waals surface area contributed by atoms with Gasteiger partial charge < -0.3 is 37.6 Å². The summed E-state index contributed by atoms with van der Waals surface area (Å²) in [7, 11) is 4.08. The van der Waals surface area contributed by atoms with Crippen LogP contribution in [0.4, 0.5) is 0 Å². The van der Waals surface area contributed by atoms with E-state index < -0.39 is 60.5 Å². The summed E-state index contributed by atoms with van der Waals surface area (Å²) in [6.45, 7) is 16.1. The maximum atomic E-state index is 13.1. The Balaban J connectivity index is 1.46. The number of benzene rings is 7. The van der Waals surface area contributed by atoms with Crippen LogP contribution in [0.15, 0.2) is 146 Å². The van der Waals surface area contributed by atoms with Gasteiger partial charge in [0.2, 0.25) is 0 Å². The van der Waals surface area contributed by atoms with Crippen LogP contribution in [0.25, 0.3) is 66.8 Å². The van der Waals surface area contributed by atoms with Crippen LogP contribution in [-0.4, -0.2) is 89.0 Å². The largest absolute Gasteiger partial charge is 0.494 e. The molecule has 0 saturated carbocycles. The minimum atomic E-state index is -0.648. The van der Waals surface area contributed by atoms with E-state index in [0.29, 0.717) is 22.3 Å². The Morgan fingerprint density at radius 2 is 0.447 bits per heavy atom. The molecule has 386 valence electrons. The molecule has 0 amide bonds. The van der Waals surface area contributed by atoms with Crippen molar-refractivity contribution in [2.24, 2.45) is 0 Å². The lowest BCUT2D eigenvalue weighted by Crippen LogP contribution is -2.41. The monoisotopic (exact) mass is 1020 g/mol. The fraction of sp³-hybridized carbons (Fsp3) is 0.258. The summed E-state index contributed by atoms with van der Waals surface area (Å²) in [6, 6.07) is 45.3. The number of ether oxygens (including phenoxy) is 4. The first kappa shape index (κ1) is 53.2. The highest BCUT2D eigenvalue weighted by molar-refractivity contribution is 6.62. The van der Waals surface area contributed by atoms with Crippen LogP contribution < -0.4 is 10.9 Å². The highest BCUT2D eigenvalue weighted by Crippen LogP contribution is 2.56. The number of rotatable bonds is 12. The van der Waals surface area contributed by atoms with Gasteiger partial charge in [0.25, 0.3) is 0 Å². The summed E-state index contributed by atoms with van der Waals surface area (Å²) in [5, 5.41) is 0. The minimum Gasteiger partial charge on any atom is -0.465 e. The molecule has 0 unspecified atom stereocenters. The van der Waals surface area contributed by atoms with Gasteiger partial charge in [-0.3, -0.25) is 0 Å². The van der Waals surface area contributed by atoms with Gasteiger partial charge >= 0.3 is 38.1 Å². The molecule has 0 aliphatic carbocycles. The van der Waals surface area contributed by atoms with E-state index in [9.17, 15) is 19.2 Å². The first-order valence-electron chi connectivity index (χ1n) is 25.0. The first-order chi connectivity index (χ1) is 36.1. The van der Waals surface area contributed by atoms with Crippen LogP contribution >= 0.6 is 0 Å². The molecule has 0 aromatic heterocycles. The number of hydrogen-bond acceptors (Lipinski definition) is 12. The average molecular weight is 1020 g/mol. The second kappa shape index (κ2) is 20.5. The molecule has 9 rings (SSSR count). The van der Waals surface area contributed by atoms with Crippen LogP contribution in [0.2, 0.25) is 0 Å². The minimum absolute atomic E-state index is 0.350. The van der Waals surface area contributed by atoms with Crippen LogP contribution in [0.3, 0.4) is 0 Å². The van der Waals surface area contributed by atoms with E-state index in [1.54, 1.807) is 48.5 Å². The molecule has 0 bridgehead atoms. The van der Waals surface area contributed by atoms with Crippen LogP contribution in [-0.2, 0) is 37.6 Å². The lowest BCUT2D eigenvalue weighted by atomic mass is 9.72. The third-order valence-corrected chi connectivity index (χ3v) is 15.3. The van der Waals surface area contributed by atoms with E-state index in [-0.39, 0.29) is 0 Å². The molecule has 14 heteroatoms. The zero-order chi connectivity index (χ0) is 54.5. The smallest absolute Gasteiger partial charge is 0.465 e. The predicted molar refractivity (Wildman–Crippen MR) is 296 cm³/mol. The Hall–Kier alpha value is -7.61. The fourth-order valence-corrected chi connectivity index (χ4v) is 9.62. The molecule has 2 aliphatic heterocycles. The Kier molecular flexibility index (Phi) is 14.4. The fourth-order valence-electron chi connectivity index (χ4n) is 9.62. The van der Waals surface area contributed by atoms with Crippen molar-refractivity contribution >= 4 is 49.0 Å². The molecule has 0 radical (unpaired) electrons. The van der Waals surface area contributed by atoms with Crippen molar-refractivity contribution in [1.82, 2.24) is 0 Å². The average Bonchev–Trinajstić information content (AvgIpc) is 3.92. The van der Waals surface area contributed by atoms with Gasteiger partial charge in [-0.15, -0.1) is 0 Å². The van der Waals surface area contributed by atoms with Gasteiger partial charge in [0.05, 0.1) is 73.1 Å². The van der Waals surface area contributed by atoms with E-state index in [1.165, 1.54) is 28.4 Å². The lowest BCUT2D eigenvalue weighted by Gasteiger charge is -2.32. The summed E-state index contributed by atoms with van der Waals surface area (Å²) >= 11 is 0. The second-order valence-electron chi connectivity index (χ2n) is 20.9. The normalized spacial score (nSPS) is 16.0. The molecule has 7 aromatic carbocycles. The van der Waals surface area contributed by atoms with Crippen molar-refractivity contribution in [2.45, 2.75) is 77.8 Å². The molecule has 12 nitrogen and oxygen atoms in total. The molecule has 0 atom stereocenters. The second-order valence-corrected chi connectivity index (χ2v) is 20.9. The maximum absolute atomic E-state index is 13.1. The molecule has 2 fully saturated rings. The summed E-state index contributed by atoms with van der Waals surface area (Å²) in [4.78, 5) is 52.3. The van der Waals surface area contributed by atoms with Crippen LogP contribution in [0.5, 0.6) is 0 Å². The van der Waals surface area contributed by atoms with E-state index in [0.717, 1.165) is 77.7 Å². The Bertz CT molecular complexity index is 2940. The van der Waals surface area contributed by atoms with Crippen molar-refractivity contribution in [1.29, 1.82) is 0 Å². The third kappa shape index (κ3) is 9.78. The standard InChI is InChI=1S/C62H60B2O12/c1-59(2)60(3,4)74-63(73-59)47-33-29-41(30-34-47)53-49(37-13-21-43(22-14-37)55(65)69-9)51(39-17-25-45(26-18-39)57(67)71-11)54(42-31-35-48(36-32-42)64-75-61(5,6)62(7,8)76-64)52(40-19-27-46(28-20-40)58(68)72-12)50(53)38-15-23-44(24-16-38)56(66)70-10/h13-36H,1-12H3. The zero-order valence-corrected chi connectivity index (χ0v) is 44.9. The molecular formula is C62H60B2O12. The predicted octanol–water partition coefficient (Wildman–Crippen LogP) is 11.4.